The second-order valence-corrected chi connectivity index (χ2v) is 3.84. The molecule has 17 heavy (non-hydrogen) atoms. The summed E-state index contributed by atoms with van der Waals surface area (Å²) >= 11 is 5.66. The third kappa shape index (κ3) is 2.60. The van der Waals surface area contributed by atoms with Crippen molar-refractivity contribution in [1.29, 1.82) is 0 Å². The average Bonchev–Trinajstić information content (AvgIpc) is 2.36. The van der Waals surface area contributed by atoms with Gasteiger partial charge in [0, 0.05) is 11.8 Å². The quantitative estimate of drug-likeness (QED) is 0.778. The number of nitrogens with zero attached hydrogens (tertiary/aromatic N) is 2. The van der Waals surface area contributed by atoms with E-state index >= 15 is 0 Å². The van der Waals surface area contributed by atoms with E-state index in [-0.39, 0.29) is 17.4 Å². The molecule has 5 heteroatoms. The number of halogens is 1. The fourth-order valence-electron chi connectivity index (χ4n) is 1.39. The van der Waals surface area contributed by atoms with Gasteiger partial charge in [-0.25, -0.2) is 4.68 Å². The zero-order chi connectivity index (χ0) is 12.3. The van der Waals surface area contributed by atoms with Gasteiger partial charge in [-0.15, -0.1) is 0 Å². The zero-order valence-electron chi connectivity index (χ0n) is 8.84. The number of carbonyl (C=O) groups excluding carboxylic acids is 1. The summed E-state index contributed by atoms with van der Waals surface area (Å²) < 4.78 is 1.05. The second-order valence-electron chi connectivity index (χ2n) is 3.43. The Balaban J connectivity index is 2.25. The van der Waals surface area contributed by atoms with Crippen LogP contribution in [-0.2, 0) is 6.54 Å². The van der Waals surface area contributed by atoms with Gasteiger partial charge in [-0.1, -0.05) is 41.9 Å². The molecule has 0 fully saturated rings. The minimum atomic E-state index is -0.460. The van der Waals surface area contributed by atoms with Crippen molar-refractivity contribution >= 4 is 17.4 Å². The maximum atomic E-state index is 11.8. The molecule has 0 radical (unpaired) electrons. The Morgan fingerprint density at radius 3 is 2.65 bits per heavy atom. The third-order valence-corrected chi connectivity index (χ3v) is 2.54. The normalized spacial score (nSPS) is 10.2. The van der Waals surface area contributed by atoms with Crippen molar-refractivity contribution in [1.82, 2.24) is 9.78 Å². The maximum absolute atomic E-state index is 11.8. The summed E-state index contributed by atoms with van der Waals surface area (Å²) in [6, 6.07) is 10.1. The minimum absolute atomic E-state index is 0.0564. The van der Waals surface area contributed by atoms with Crippen LogP contribution in [0.4, 0.5) is 0 Å². The van der Waals surface area contributed by atoms with Gasteiger partial charge in [0.25, 0.3) is 5.56 Å². The van der Waals surface area contributed by atoms with Crippen molar-refractivity contribution in [3.05, 3.63) is 63.5 Å². The lowest BCUT2D eigenvalue weighted by molar-refractivity contribution is 0.0965. The molecule has 1 heterocycles. The number of ketones is 1. The smallest absolute Gasteiger partial charge is 0.285 e. The minimum Gasteiger partial charge on any atom is -0.292 e. The van der Waals surface area contributed by atoms with Crippen molar-refractivity contribution in [2.24, 2.45) is 0 Å². The standard InChI is InChI=1S/C12H9ClN2O2/c13-10-6-7-14-15(12(10)17)8-11(16)9-4-2-1-3-5-9/h1-7H,8H2. The lowest BCUT2D eigenvalue weighted by atomic mass is 10.1. The Morgan fingerprint density at radius 1 is 1.24 bits per heavy atom. The summed E-state index contributed by atoms with van der Waals surface area (Å²) in [6.07, 6.45) is 1.39. The molecule has 0 aliphatic heterocycles. The Bertz CT molecular complexity index is 593. The van der Waals surface area contributed by atoms with Crippen molar-refractivity contribution in [2.75, 3.05) is 0 Å². The molecule has 1 aromatic heterocycles. The largest absolute Gasteiger partial charge is 0.292 e. The topological polar surface area (TPSA) is 52.0 Å². The Kier molecular flexibility index (Phi) is 3.35. The van der Waals surface area contributed by atoms with Gasteiger partial charge in [0.2, 0.25) is 0 Å². The molecule has 1 aromatic carbocycles. The number of hydrogen-bond donors (Lipinski definition) is 0. The van der Waals surface area contributed by atoms with Gasteiger partial charge in [-0.3, -0.25) is 9.59 Å². The number of benzene rings is 1. The van der Waals surface area contributed by atoms with E-state index in [1.165, 1.54) is 12.3 Å². The molecular formula is C12H9ClN2O2. The van der Waals surface area contributed by atoms with Crippen LogP contribution in [0.3, 0.4) is 0 Å². The molecule has 4 nitrogen and oxygen atoms in total. The Hall–Kier alpha value is -1.94. The lowest BCUT2D eigenvalue weighted by Gasteiger charge is -2.03. The van der Waals surface area contributed by atoms with Gasteiger partial charge < -0.3 is 0 Å². The number of carbonyl (C=O) groups is 1. The van der Waals surface area contributed by atoms with E-state index in [1.54, 1.807) is 24.3 Å². The highest BCUT2D eigenvalue weighted by Gasteiger charge is 2.09. The summed E-state index contributed by atoms with van der Waals surface area (Å²) in [5.41, 5.74) is 0.0830. The summed E-state index contributed by atoms with van der Waals surface area (Å²) in [7, 11) is 0. The number of rotatable bonds is 3. The first-order valence-electron chi connectivity index (χ1n) is 4.98. The molecule has 86 valence electrons. The molecule has 0 atom stereocenters. The van der Waals surface area contributed by atoms with Crippen LogP contribution >= 0.6 is 11.6 Å². The molecule has 0 saturated heterocycles. The van der Waals surface area contributed by atoms with Gasteiger partial charge in [0.15, 0.2) is 5.78 Å². The molecule has 2 aromatic rings. The van der Waals surface area contributed by atoms with Crippen LogP contribution in [-0.4, -0.2) is 15.6 Å². The lowest BCUT2D eigenvalue weighted by Crippen LogP contribution is -2.26. The summed E-state index contributed by atoms with van der Waals surface area (Å²) in [5, 5.41) is 3.86. The second kappa shape index (κ2) is 4.93. The van der Waals surface area contributed by atoms with Gasteiger partial charge in [-0.2, -0.15) is 5.10 Å². The van der Waals surface area contributed by atoms with E-state index in [0.717, 1.165) is 4.68 Å². The summed E-state index contributed by atoms with van der Waals surface area (Å²) in [4.78, 5) is 23.4. The number of Topliss-reactive ketones (excluding diaryl/α,β-unsaturated/α-hetero) is 1. The summed E-state index contributed by atoms with van der Waals surface area (Å²) in [5.74, 6) is -0.178. The van der Waals surface area contributed by atoms with E-state index in [9.17, 15) is 9.59 Å². The first-order chi connectivity index (χ1) is 8.18. The van der Waals surface area contributed by atoms with Crippen LogP contribution < -0.4 is 5.56 Å². The van der Waals surface area contributed by atoms with Gasteiger partial charge in [0.05, 0.1) is 0 Å². The Labute approximate surface area is 102 Å². The van der Waals surface area contributed by atoms with Crippen LogP contribution in [0.1, 0.15) is 10.4 Å². The predicted molar refractivity (Wildman–Crippen MR) is 64.3 cm³/mol. The monoisotopic (exact) mass is 248 g/mol. The fraction of sp³-hybridized carbons (Fsp3) is 0.0833. The van der Waals surface area contributed by atoms with Crippen LogP contribution in [0, 0.1) is 0 Å². The SMILES string of the molecule is O=C(Cn1nccc(Cl)c1=O)c1ccccc1. The zero-order valence-corrected chi connectivity index (χ0v) is 9.59. The van der Waals surface area contributed by atoms with Crippen LogP contribution in [0.2, 0.25) is 5.02 Å². The molecule has 0 saturated carbocycles. The third-order valence-electron chi connectivity index (χ3n) is 2.25. The van der Waals surface area contributed by atoms with E-state index in [2.05, 4.69) is 5.10 Å². The molecule has 0 aliphatic rings. The van der Waals surface area contributed by atoms with Gasteiger partial charge >= 0.3 is 0 Å². The highest BCUT2D eigenvalue weighted by Crippen LogP contribution is 2.02. The van der Waals surface area contributed by atoms with Gasteiger partial charge in [0.1, 0.15) is 11.6 Å². The van der Waals surface area contributed by atoms with Crippen molar-refractivity contribution < 1.29 is 4.79 Å². The number of hydrogen-bond acceptors (Lipinski definition) is 3. The first-order valence-corrected chi connectivity index (χ1v) is 5.36. The van der Waals surface area contributed by atoms with Crippen LogP contribution in [0.5, 0.6) is 0 Å². The van der Waals surface area contributed by atoms with Crippen molar-refractivity contribution in [3.8, 4) is 0 Å². The predicted octanol–water partition coefficient (Wildman–Crippen LogP) is 1.78. The van der Waals surface area contributed by atoms with E-state index in [4.69, 9.17) is 11.6 Å². The van der Waals surface area contributed by atoms with Crippen LogP contribution in [0.25, 0.3) is 0 Å². The number of aromatic nitrogens is 2. The molecule has 0 spiro atoms. The fourth-order valence-corrected chi connectivity index (χ4v) is 1.54. The maximum Gasteiger partial charge on any atom is 0.285 e. The Morgan fingerprint density at radius 2 is 1.94 bits per heavy atom. The van der Waals surface area contributed by atoms with Gasteiger partial charge in [-0.05, 0) is 6.07 Å². The van der Waals surface area contributed by atoms with E-state index in [0.29, 0.717) is 5.56 Å². The summed E-state index contributed by atoms with van der Waals surface area (Å²) in [6.45, 7) is -0.108. The van der Waals surface area contributed by atoms with Crippen molar-refractivity contribution in [3.63, 3.8) is 0 Å². The molecule has 0 N–H and O–H groups in total. The molecule has 0 amide bonds. The van der Waals surface area contributed by atoms with Crippen molar-refractivity contribution in [2.45, 2.75) is 6.54 Å². The average molecular weight is 249 g/mol. The highest BCUT2D eigenvalue weighted by atomic mass is 35.5. The molecule has 0 bridgehead atoms. The van der Waals surface area contributed by atoms with E-state index in [1.807, 2.05) is 6.07 Å². The van der Waals surface area contributed by atoms with E-state index < -0.39 is 5.56 Å². The molecular weight excluding hydrogens is 240 g/mol. The van der Waals surface area contributed by atoms with Crippen LogP contribution in [0.15, 0.2) is 47.4 Å². The molecule has 0 unspecified atom stereocenters. The highest BCUT2D eigenvalue weighted by molar-refractivity contribution is 6.30. The molecule has 2 rings (SSSR count). The first kappa shape index (κ1) is 11.5. The molecule has 0 aliphatic carbocycles.